The molecule has 3 heteroatoms. The summed E-state index contributed by atoms with van der Waals surface area (Å²) >= 11 is 0. The first kappa shape index (κ1) is 6.99. The third-order valence-electron chi connectivity index (χ3n) is 1.05. The van der Waals surface area contributed by atoms with Crippen LogP contribution in [0.15, 0.2) is 30.3 Å². The molecule has 0 aromatic heterocycles. The van der Waals surface area contributed by atoms with Gasteiger partial charge in [-0.1, -0.05) is 18.2 Å². The molecule has 0 amide bonds. The van der Waals surface area contributed by atoms with Crippen LogP contribution in [0.3, 0.4) is 0 Å². The molecule has 0 heterocycles. The number of alkyl halides is 2. The van der Waals surface area contributed by atoms with Crippen molar-refractivity contribution in [2.24, 2.45) is 0 Å². The first-order chi connectivity index (χ1) is 4.79. The van der Waals surface area contributed by atoms with Crippen molar-refractivity contribution in [2.45, 2.75) is 6.55 Å². The van der Waals surface area contributed by atoms with E-state index in [1.54, 1.807) is 30.3 Å². The Morgan fingerprint density at radius 1 is 1.10 bits per heavy atom. The first-order valence-electron chi connectivity index (χ1n) is 2.89. The first-order valence-corrected chi connectivity index (χ1v) is 2.89. The maximum atomic E-state index is 11.6. The number of hydrogen-bond donors (Lipinski definition) is 1. The van der Waals surface area contributed by atoms with E-state index in [1.807, 2.05) is 5.32 Å². The molecular formula is C7H7F2N. The number of benzene rings is 1. The zero-order valence-corrected chi connectivity index (χ0v) is 5.22. The van der Waals surface area contributed by atoms with Crippen LogP contribution in [0.4, 0.5) is 14.5 Å². The number of rotatable bonds is 2. The monoisotopic (exact) mass is 143 g/mol. The van der Waals surface area contributed by atoms with Gasteiger partial charge in [0.05, 0.1) is 0 Å². The Balaban J connectivity index is 2.59. The summed E-state index contributed by atoms with van der Waals surface area (Å²) in [5, 5.41) is 1.97. The Labute approximate surface area is 57.7 Å². The molecule has 0 atom stereocenters. The zero-order chi connectivity index (χ0) is 7.40. The van der Waals surface area contributed by atoms with E-state index in [9.17, 15) is 8.78 Å². The van der Waals surface area contributed by atoms with Crippen molar-refractivity contribution < 1.29 is 8.78 Å². The van der Waals surface area contributed by atoms with Crippen LogP contribution in [0.5, 0.6) is 0 Å². The van der Waals surface area contributed by atoms with Gasteiger partial charge in [-0.25, -0.2) is 0 Å². The fourth-order valence-corrected chi connectivity index (χ4v) is 0.660. The van der Waals surface area contributed by atoms with Gasteiger partial charge in [-0.15, -0.1) is 0 Å². The third-order valence-corrected chi connectivity index (χ3v) is 1.05. The molecule has 1 nitrogen and oxygen atoms in total. The molecule has 0 spiro atoms. The van der Waals surface area contributed by atoms with Crippen LogP contribution in [0, 0.1) is 0 Å². The van der Waals surface area contributed by atoms with Gasteiger partial charge in [-0.2, -0.15) is 8.78 Å². The van der Waals surface area contributed by atoms with Crippen molar-refractivity contribution in [1.82, 2.24) is 0 Å². The van der Waals surface area contributed by atoms with Crippen LogP contribution >= 0.6 is 0 Å². The molecule has 54 valence electrons. The normalized spacial score (nSPS) is 9.90. The van der Waals surface area contributed by atoms with E-state index < -0.39 is 6.55 Å². The second-order valence-electron chi connectivity index (χ2n) is 1.81. The molecule has 0 unspecified atom stereocenters. The van der Waals surface area contributed by atoms with Crippen molar-refractivity contribution in [2.75, 3.05) is 5.32 Å². The summed E-state index contributed by atoms with van der Waals surface area (Å²) in [6.45, 7) is -2.48. The molecule has 1 rings (SSSR count). The topological polar surface area (TPSA) is 12.0 Å². The Hall–Kier alpha value is -1.12. The van der Waals surface area contributed by atoms with Crippen LogP contribution in [0.2, 0.25) is 0 Å². The van der Waals surface area contributed by atoms with E-state index in [4.69, 9.17) is 0 Å². The number of para-hydroxylation sites is 1. The van der Waals surface area contributed by atoms with Gasteiger partial charge in [0.25, 0.3) is 0 Å². The highest BCUT2D eigenvalue weighted by Crippen LogP contribution is 2.07. The zero-order valence-electron chi connectivity index (χ0n) is 5.22. The maximum absolute atomic E-state index is 11.6. The molecule has 1 N–H and O–H groups in total. The average Bonchev–Trinajstić information content (AvgIpc) is 1.88. The van der Waals surface area contributed by atoms with Crippen LogP contribution in [0.25, 0.3) is 0 Å². The van der Waals surface area contributed by atoms with Gasteiger partial charge in [0.15, 0.2) is 0 Å². The lowest BCUT2D eigenvalue weighted by Crippen LogP contribution is -2.05. The minimum absolute atomic E-state index is 0.442. The number of anilines is 1. The standard InChI is InChI=1S/C7H7F2N/c8-7(9)10-6-4-2-1-3-5-6/h1-5,7,10H. The van der Waals surface area contributed by atoms with E-state index in [2.05, 4.69) is 0 Å². The van der Waals surface area contributed by atoms with Crippen molar-refractivity contribution in [1.29, 1.82) is 0 Å². The molecule has 10 heavy (non-hydrogen) atoms. The summed E-state index contributed by atoms with van der Waals surface area (Å²) < 4.78 is 23.2. The molecule has 1 aromatic carbocycles. The number of nitrogens with one attached hydrogen (secondary N) is 1. The van der Waals surface area contributed by atoms with Gasteiger partial charge in [0.2, 0.25) is 0 Å². The van der Waals surface area contributed by atoms with Gasteiger partial charge in [0.1, 0.15) is 0 Å². The lowest BCUT2D eigenvalue weighted by Gasteiger charge is -2.02. The highest BCUT2D eigenvalue weighted by atomic mass is 19.3. The van der Waals surface area contributed by atoms with Gasteiger partial charge in [0, 0.05) is 5.69 Å². The largest absolute Gasteiger partial charge is 0.330 e. The van der Waals surface area contributed by atoms with Crippen molar-refractivity contribution >= 4 is 5.69 Å². The minimum Gasteiger partial charge on any atom is -0.330 e. The molecule has 0 saturated heterocycles. The van der Waals surface area contributed by atoms with Crippen LogP contribution < -0.4 is 5.32 Å². The molecule has 0 aliphatic carbocycles. The molecule has 0 saturated carbocycles. The molecule has 0 radical (unpaired) electrons. The van der Waals surface area contributed by atoms with E-state index in [0.717, 1.165) is 0 Å². The summed E-state index contributed by atoms with van der Waals surface area (Å²) in [6.07, 6.45) is 0. The fraction of sp³-hybridized carbons (Fsp3) is 0.143. The average molecular weight is 143 g/mol. The highest BCUT2D eigenvalue weighted by Gasteiger charge is 1.98. The van der Waals surface area contributed by atoms with Gasteiger partial charge in [-0.05, 0) is 12.1 Å². The second-order valence-corrected chi connectivity index (χ2v) is 1.81. The summed E-state index contributed by atoms with van der Waals surface area (Å²) in [5.41, 5.74) is 0.442. The molecule has 0 bridgehead atoms. The van der Waals surface area contributed by atoms with Gasteiger partial charge < -0.3 is 5.32 Å². The molecule has 0 aliphatic heterocycles. The van der Waals surface area contributed by atoms with Crippen molar-refractivity contribution in [3.05, 3.63) is 30.3 Å². The van der Waals surface area contributed by atoms with Gasteiger partial charge >= 0.3 is 6.55 Å². The Morgan fingerprint density at radius 2 is 1.70 bits per heavy atom. The van der Waals surface area contributed by atoms with Gasteiger partial charge in [-0.3, -0.25) is 0 Å². The van der Waals surface area contributed by atoms with E-state index in [-0.39, 0.29) is 0 Å². The predicted octanol–water partition coefficient (Wildman–Crippen LogP) is 2.32. The van der Waals surface area contributed by atoms with Crippen LogP contribution in [0.1, 0.15) is 0 Å². The Morgan fingerprint density at radius 3 is 2.20 bits per heavy atom. The van der Waals surface area contributed by atoms with Crippen molar-refractivity contribution in [3.8, 4) is 0 Å². The quantitative estimate of drug-likeness (QED) is 0.626. The van der Waals surface area contributed by atoms with E-state index in [1.165, 1.54) is 0 Å². The summed E-state index contributed by atoms with van der Waals surface area (Å²) in [5.74, 6) is 0. The Bertz CT molecular complexity index is 186. The minimum atomic E-state index is -2.48. The number of hydrogen-bond acceptors (Lipinski definition) is 1. The maximum Gasteiger partial charge on any atom is 0.312 e. The van der Waals surface area contributed by atoms with Crippen LogP contribution in [-0.4, -0.2) is 6.55 Å². The third kappa shape index (κ3) is 2.01. The summed E-state index contributed by atoms with van der Waals surface area (Å²) in [6, 6.07) is 8.35. The molecular weight excluding hydrogens is 136 g/mol. The lowest BCUT2D eigenvalue weighted by molar-refractivity contribution is 0.181. The molecule has 0 aliphatic rings. The number of halogens is 2. The second kappa shape index (κ2) is 3.15. The molecule has 0 fully saturated rings. The van der Waals surface area contributed by atoms with Crippen molar-refractivity contribution in [3.63, 3.8) is 0 Å². The highest BCUT2D eigenvalue weighted by molar-refractivity contribution is 5.42. The van der Waals surface area contributed by atoms with Crippen LogP contribution in [-0.2, 0) is 0 Å². The predicted molar refractivity (Wildman–Crippen MR) is 36.1 cm³/mol. The lowest BCUT2D eigenvalue weighted by atomic mass is 10.3. The Kier molecular flexibility index (Phi) is 2.20. The smallest absolute Gasteiger partial charge is 0.312 e. The van der Waals surface area contributed by atoms with E-state index in [0.29, 0.717) is 5.69 Å². The summed E-state index contributed by atoms with van der Waals surface area (Å²) in [4.78, 5) is 0. The van der Waals surface area contributed by atoms with E-state index >= 15 is 0 Å². The molecule has 1 aromatic rings. The fourth-order valence-electron chi connectivity index (χ4n) is 0.660. The SMILES string of the molecule is FC(F)Nc1ccccc1. The summed E-state index contributed by atoms with van der Waals surface area (Å²) in [7, 11) is 0.